The molecule has 0 unspecified atom stereocenters. The van der Waals surface area contributed by atoms with E-state index in [0.29, 0.717) is 18.0 Å². The Kier molecular flexibility index (Phi) is 6.45. The van der Waals surface area contributed by atoms with Crippen LogP contribution >= 0.6 is 0 Å². The summed E-state index contributed by atoms with van der Waals surface area (Å²) < 4.78 is 0. The van der Waals surface area contributed by atoms with Gasteiger partial charge in [0.1, 0.15) is 0 Å². The Hall–Kier alpha value is -2.02. The molecule has 1 aromatic rings. The van der Waals surface area contributed by atoms with E-state index in [-0.39, 0.29) is 0 Å². The normalized spacial score (nSPS) is 11.2. The lowest BCUT2D eigenvalue weighted by atomic mass is 10.1. The summed E-state index contributed by atoms with van der Waals surface area (Å²) in [5.74, 6) is 1.39. The third-order valence-corrected chi connectivity index (χ3v) is 2.50. The lowest BCUT2D eigenvalue weighted by Crippen LogP contribution is -2.39. The van der Waals surface area contributed by atoms with Crippen molar-refractivity contribution >= 4 is 5.96 Å². The van der Waals surface area contributed by atoms with E-state index in [0.717, 1.165) is 24.6 Å². The van der Waals surface area contributed by atoms with Crippen molar-refractivity contribution in [2.45, 2.75) is 27.3 Å². The van der Waals surface area contributed by atoms with E-state index in [4.69, 9.17) is 5.26 Å². The van der Waals surface area contributed by atoms with Gasteiger partial charge in [0.05, 0.1) is 18.2 Å². The standard InChI is InChI=1S/C15H22N4/c1-4-17-15(18-10-12(2)3)19-11-14-7-5-6-13(8-14)9-16/h5-8,12H,4,10-11H2,1-3H3,(H2,17,18,19). The summed E-state index contributed by atoms with van der Waals surface area (Å²) in [7, 11) is 0. The largest absolute Gasteiger partial charge is 0.357 e. The second-order valence-electron chi connectivity index (χ2n) is 4.78. The third-order valence-electron chi connectivity index (χ3n) is 2.50. The topological polar surface area (TPSA) is 60.2 Å². The minimum absolute atomic E-state index is 0.572. The smallest absolute Gasteiger partial charge is 0.191 e. The SMILES string of the molecule is CCNC(=NCc1cccc(C#N)c1)NCC(C)C. The van der Waals surface area contributed by atoms with Crippen LogP contribution in [0, 0.1) is 17.2 Å². The van der Waals surface area contributed by atoms with Crippen LogP contribution in [-0.2, 0) is 6.54 Å². The van der Waals surface area contributed by atoms with Crippen LogP contribution in [0.4, 0.5) is 0 Å². The van der Waals surface area contributed by atoms with Crippen molar-refractivity contribution in [3.05, 3.63) is 35.4 Å². The maximum atomic E-state index is 8.86. The Labute approximate surface area is 115 Å². The van der Waals surface area contributed by atoms with Crippen molar-refractivity contribution in [1.29, 1.82) is 5.26 Å². The fraction of sp³-hybridized carbons (Fsp3) is 0.467. The fourth-order valence-electron chi connectivity index (χ4n) is 1.55. The second kappa shape index (κ2) is 8.15. The number of aliphatic imine (C=N–C) groups is 1. The molecule has 19 heavy (non-hydrogen) atoms. The molecule has 0 saturated heterocycles. The van der Waals surface area contributed by atoms with Gasteiger partial charge in [-0.1, -0.05) is 26.0 Å². The van der Waals surface area contributed by atoms with Gasteiger partial charge in [-0.2, -0.15) is 5.26 Å². The summed E-state index contributed by atoms with van der Waals surface area (Å²) in [6, 6.07) is 9.68. The highest BCUT2D eigenvalue weighted by Gasteiger charge is 1.99. The summed E-state index contributed by atoms with van der Waals surface area (Å²) >= 11 is 0. The monoisotopic (exact) mass is 258 g/mol. The van der Waals surface area contributed by atoms with Crippen LogP contribution < -0.4 is 10.6 Å². The number of guanidine groups is 1. The first-order valence-corrected chi connectivity index (χ1v) is 6.67. The fourth-order valence-corrected chi connectivity index (χ4v) is 1.55. The van der Waals surface area contributed by atoms with E-state index >= 15 is 0 Å². The zero-order chi connectivity index (χ0) is 14.1. The molecule has 4 heteroatoms. The van der Waals surface area contributed by atoms with Gasteiger partial charge in [0.2, 0.25) is 0 Å². The maximum absolute atomic E-state index is 8.86. The highest BCUT2D eigenvalue weighted by atomic mass is 15.2. The molecule has 0 radical (unpaired) electrons. The minimum atomic E-state index is 0.572. The predicted molar refractivity (Wildman–Crippen MR) is 78.8 cm³/mol. The van der Waals surface area contributed by atoms with Crippen LogP contribution in [0.5, 0.6) is 0 Å². The summed E-state index contributed by atoms with van der Waals surface area (Å²) in [5, 5.41) is 15.4. The molecule has 1 aromatic carbocycles. The van der Waals surface area contributed by atoms with Crippen LogP contribution in [0.15, 0.2) is 29.3 Å². The van der Waals surface area contributed by atoms with Crippen LogP contribution in [-0.4, -0.2) is 19.0 Å². The third kappa shape index (κ3) is 5.91. The molecule has 0 bridgehead atoms. The van der Waals surface area contributed by atoms with E-state index in [1.54, 1.807) is 6.07 Å². The van der Waals surface area contributed by atoms with Gasteiger partial charge in [-0.3, -0.25) is 0 Å². The highest BCUT2D eigenvalue weighted by Crippen LogP contribution is 2.05. The van der Waals surface area contributed by atoms with Crippen LogP contribution in [0.25, 0.3) is 0 Å². The zero-order valence-corrected chi connectivity index (χ0v) is 11.9. The van der Waals surface area contributed by atoms with Gasteiger partial charge in [-0.15, -0.1) is 0 Å². The number of nitriles is 1. The molecule has 4 nitrogen and oxygen atoms in total. The molecule has 0 heterocycles. The van der Waals surface area contributed by atoms with Crippen molar-refractivity contribution in [3.8, 4) is 6.07 Å². The molecule has 1 rings (SSSR count). The van der Waals surface area contributed by atoms with Gasteiger partial charge in [-0.25, -0.2) is 4.99 Å². The molecule has 102 valence electrons. The van der Waals surface area contributed by atoms with Crippen LogP contribution in [0.3, 0.4) is 0 Å². The molecule has 0 spiro atoms. The number of nitrogens with one attached hydrogen (secondary N) is 2. The predicted octanol–water partition coefficient (Wildman–Crippen LogP) is 2.27. The molecule has 0 amide bonds. The average molecular weight is 258 g/mol. The molecule has 0 fully saturated rings. The summed E-state index contributed by atoms with van der Waals surface area (Å²) in [6.45, 7) is 8.66. The summed E-state index contributed by atoms with van der Waals surface area (Å²) in [5.41, 5.74) is 1.72. The highest BCUT2D eigenvalue weighted by molar-refractivity contribution is 5.79. The second-order valence-corrected chi connectivity index (χ2v) is 4.78. The van der Waals surface area contributed by atoms with Gasteiger partial charge in [0.15, 0.2) is 5.96 Å². The lowest BCUT2D eigenvalue weighted by molar-refractivity contribution is 0.615. The Morgan fingerprint density at radius 1 is 1.37 bits per heavy atom. The van der Waals surface area contributed by atoms with Crippen molar-refractivity contribution < 1.29 is 0 Å². The molecule has 0 atom stereocenters. The van der Waals surface area contributed by atoms with Gasteiger partial charge in [-0.05, 0) is 30.5 Å². The summed E-state index contributed by atoms with van der Waals surface area (Å²) in [6.07, 6.45) is 0. The number of rotatable bonds is 5. The first-order valence-electron chi connectivity index (χ1n) is 6.67. The average Bonchev–Trinajstić information content (AvgIpc) is 2.42. The Morgan fingerprint density at radius 2 is 2.16 bits per heavy atom. The lowest BCUT2D eigenvalue weighted by Gasteiger charge is -2.12. The van der Waals surface area contributed by atoms with Crippen molar-refractivity contribution in [2.24, 2.45) is 10.9 Å². The van der Waals surface area contributed by atoms with Gasteiger partial charge < -0.3 is 10.6 Å². The van der Waals surface area contributed by atoms with Crippen LogP contribution in [0.2, 0.25) is 0 Å². The molecule has 2 N–H and O–H groups in total. The van der Waals surface area contributed by atoms with E-state index in [1.165, 1.54) is 0 Å². The molecule has 0 aliphatic heterocycles. The molecule has 0 saturated carbocycles. The number of hydrogen-bond donors (Lipinski definition) is 2. The minimum Gasteiger partial charge on any atom is -0.357 e. The van der Waals surface area contributed by atoms with Crippen molar-refractivity contribution in [1.82, 2.24) is 10.6 Å². The van der Waals surface area contributed by atoms with E-state index in [1.807, 2.05) is 25.1 Å². The van der Waals surface area contributed by atoms with E-state index in [9.17, 15) is 0 Å². The number of hydrogen-bond acceptors (Lipinski definition) is 2. The Balaban J connectivity index is 2.65. The van der Waals surface area contributed by atoms with E-state index < -0.39 is 0 Å². The van der Waals surface area contributed by atoms with Gasteiger partial charge >= 0.3 is 0 Å². The molecule has 0 aliphatic rings. The molecular formula is C15H22N4. The molecular weight excluding hydrogens is 236 g/mol. The van der Waals surface area contributed by atoms with Crippen molar-refractivity contribution in [3.63, 3.8) is 0 Å². The zero-order valence-electron chi connectivity index (χ0n) is 11.9. The van der Waals surface area contributed by atoms with Crippen molar-refractivity contribution in [2.75, 3.05) is 13.1 Å². The van der Waals surface area contributed by atoms with Gasteiger partial charge in [0, 0.05) is 13.1 Å². The van der Waals surface area contributed by atoms with E-state index in [2.05, 4.69) is 35.5 Å². The van der Waals surface area contributed by atoms with Gasteiger partial charge in [0.25, 0.3) is 0 Å². The first-order chi connectivity index (χ1) is 9.15. The van der Waals surface area contributed by atoms with Crippen LogP contribution in [0.1, 0.15) is 31.9 Å². The number of nitrogens with zero attached hydrogens (tertiary/aromatic N) is 2. The molecule has 0 aromatic heterocycles. The Morgan fingerprint density at radius 3 is 2.79 bits per heavy atom. The summed E-state index contributed by atoms with van der Waals surface area (Å²) in [4.78, 5) is 4.52. The number of benzene rings is 1. The first kappa shape index (κ1) is 15.0. The Bertz CT molecular complexity index is 457. The maximum Gasteiger partial charge on any atom is 0.191 e. The quantitative estimate of drug-likeness (QED) is 0.629. The molecule has 0 aliphatic carbocycles.